The molecule has 0 bridgehead atoms. The van der Waals surface area contributed by atoms with Crippen molar-refractivity contribution < 1.29 is 38.2 Å². The lowest BCUT2D eigenvalue weighted by atomic mass is 9.83. The van der Waals surface area contributed by atoms with E-state index in [1.165, 1.54) is 27.4 Å². The molecule has 32 heavy (non-hydrogen) atoms. The molecule has 1 aliphatic rings. The molecule has 176 valence electrons. The number of carbonyl (C=O) groups excluding carboxylic acids is 2. The molecule has 1 aromatic carbocycles. The third-order valence-electron chi connectivity index (χ3n) is 6.67. The van der Waals surface area contributed by atoms with Gasteiger partial charge in [0.1, 0.15) is 6.54 Å². The summed E-state index contributed by atoms with van der Waals surface area (Å²) in [5.74, 6) is -1.73. The first-order valence-corrected chi connectivity index (χ1v) is 10.6. The van der Waals surface area contributed by atoms with Gasteiger partial charge in [-0.05, 0) is 30.2 Å². The SMILES string of the molecule is C=CC[N+]1(C(=O)C(=O)C(C)(C)CC)CCC(c2cc(OC)c(OC)c(OC)c2)[C@H]1C(=O)O. The number of methoxy groups -OCH3 is 3. The van der Waals surface area contributed by atoms with Gasteiger partial charge in [-0.1, -0.05) is 27.4 Å². The Bertz CT molecular complexity index is 883. The molecule has 1 saturated heterocycles. The Hall–Kier alpha value is -2.87. The van der Waals surface area contributed by atoms with Crippen molar-refractivity contribution in [2.75, 3.05) is 34.4 Å². The highest BCUT2D eigenvalue weighted by Gasteiger charge is 2.60. The summed E-state index contributed by atoms with van der Waals surface area (Å²) in [5.41, 5.74) is -0.233. The zero-order valence-corrected chi connectivity index (χ0v) is 19.8. The van der Waals surface area contributed by atoms with E-state index in [2.05, 4.69) is 6.58 Å². The summed E-state index contributed by atoms with van der Waals surface area (Å²) in [7, 11) is 4.45. The monoisotopic (exact) mass is 448 g/mol. The molecule has 0 radical (unpaired) electrons. The van der Waals surface area contributed by atoms with Crippen molar-refractivity contribution in [1.29, 1.82) is 0 Å². The van der Waals surface area contributed by atoms with Gasteiger partial charge in [0.15, 0.2) is 11.5 Å². The Morgan fingerprint density at radius 1 is 1.16 bits per heavy atom. The van der Waals surface area contributed by atoms with Crippen molar-refractivity contribution in [1.82, 2.24) is 0 Å². The number of carboxylic acid groups (broad SMARTS) is 1. The zero-order valence-electron chi connectivity index (χ0n) is 19.8. The number of quaternary nitrogens is 1. The maximum atomic E-state index is 13.5. The fourth-order valence-corrected chi connectivity index (χ4v) is 4.46. The minimum atomic E-state index is -1.15. The lowest BCUT2D eigenvalue weighted by Gasteiger charge is -2.37. The first kappa shape index (κ1) is 25.4. The predicted octanol–water partition coefficient (Wildman–Crippen LogP) is 3.19. The number of aliphatic carboxylic acids is 1. The van der Waals surface area contributed by atoms with Crippen LogP contribution in [0.1, 0.15) is 45.1 Å². The van der Waals surface area contributed by atoms with Crippen LogP contribution >= 0.6 is 0 Å². The molecule has 1 aromatic rings. The number of nitrogens with zero attached hydrogens (tertiary/aromatic N) is 1. The van der Waals surface area contributed by atoms with Gasteiger partial charge in [0.25, 0.3) is 5.78 Å². The maximum Gasteiger partial charge on any atom is 0.383 e. The highest BCUT2D eigenvalue weighted by Crippen LogP contribution is 2.46. The Balaban J connectivity index is 2.65. The molecule has 0 aliphatic carbocycles. The number of likely N-dealkylation sites (tertiary alicyclic amines) is 1. The Morgan fingerprint density at radius 3 is 2.12 bits per heavy atom. The molecular formula is C24H34NO7+. The normalized spacial score (nSPS) is 22.8. The van der Waals surface area contributed by atoms with E-state index >= 15 is 0 Å². The molecule has 8 heteroatoms. The van der Waals surface area contributed by atoms with E-state index < -0.39 is 39.5 Å². The van der Waals surface area contributed by atoms with Crippen LogP contribution < -0.4 is 14.2 Å². The lowest BCUT2D eigenvalue weighted by Crippen LogP contribution is -2.63. The summed E-state index contributed by atoms with van der Waals surface area (Å²) >= 11 is 0. The lowest BCUT2D eigenvalue weighted by molar-refractivity contribution is -0.849. The van der Waals surface area contributed by atoms with Crippen LogP contribution in [-0.2, 0) is 14.4 Å². The number of Topliss-reactive ketones (excluding diaryl/α,β-unsaturated/α-hetero) is 1. The first-order chi connectivity index (χ1) is 15.0. The number of ketones is 1. The number of amides is 1. The molecule has 0 spiro atoms. The van der Waals surface area contributed by atoms with E-state index in [9.17, 15) is 19.5 Å². The van der Waals surface area contributed by atoms with Crippen LogP contribution in [0, 0.1) is 5.41 Å². The van der Waals surface area contributed by atoms with Crippen molar-refractivity contribution in [2.24, 2.45) is 5.41 Å². The largest absolute Gasteiger partial charge is 0.493 e. The van der Waals surface area contributed by atoms with Crippen LogP contribution in [0.3, 0.4) is 0 Å². The predicted molar refractivity (Wildman–Crippen MR) is 119 cm³/mol. The summed E-state index contributed by atoms with van der Waals surface area (Å²) in [6.45, 7) is 9.26. The topological polar surface area (TPSA) is 99.1 Å². The molecule has 8 nitrogen and oxygen atoms in total. The number of carbonyl (C=O) groups is 3. The minimum Gasteiger partial charge on any atom is -0.493 e. The van der Waals surface area contributed by atoms with Crippen molar-refractivity contribution in [2.45, 2.75) is 45.6 Å². The van der Waals surface area contributed by atoms with Crippen molar-refractivity contribution in [3.05, 3.63) is 30.4 Å². The molecule has 3 atom stereocenters. The van der Waals surface area contributed by atoms with Gasteiger partial charge in [-0.15, -0.1) is 0 Å². The van der Waals surface area contributed by atoms with Crippen LogP contribution in [-0.4, -0.2) is 67.7 Å². The van der Waals surface area contributed by atoms with Crippen molar-refractivity contribution in [3.8, 4) is 17.2 Å². The van der Waals surface area contributed by atoms with E-state index in [1.807, 2.05) is 6.92 Å². The van der Waals surface area contributed by atoms with E-state index in [0.29, 0.717) is 35.7 Å². The first-order valence-electron chi connectivity index (χ1n) is 10.6. The van der Waals surface area contributed by atoms with E-state index in [1.54, 1.807) is 26.0 Å². The Kier molecular flexibility index (Phi) is 7.72. The quantitative estimate of drug-likeness (QED) is 0.333. The third-order valence-corrected chi connectivity index (χ3v) is 6.67. The highest BCUT2D eigenvalue weighted by molar-refractivity contribution is 6.35. The van der Waals surface area contributed by atoms with Crippen LogP contribution in [0.15, 0.2) is 24.8 Å². The molecule has 1 N–H and O–H groups in total. The van der Waals surface area contributed by atoms with Gasteiger partial charge in [-0.25, -0.2) is 14.1 Å². The molecule has 2 unspecified atom stereocenters. The van der Waals surface area contributed by atoms with Crippen molar-refractivity contribution in [3.63, 3.8) is 0 Å². The number of carboxylic acids is 1. The molecule has 1 amide bonds. The fourth-order valence-electron chi connectivity index (χ4n) is 4.46. The minimum absolute atomic E-state index is 0.0578. The number of hydrogen-bond donors (Lipinski definition) is 1. The summed E-state index contributed by atoms with van der Waals surface area (Å²) in [5, 5.41) is 10.3. The van der Waals surface area contributed by atoms with Crippen LogP contribution in [0.5, 0.6) is 17.2 Å². The number of ether oxygens (including phenoxy) is 3. The van der Waals surface area contributed by atoms with E-state index in [0.717, 1.165) is 0 Å². The van der Waals surface area contributed by atoms with E-state index in [4.69, 9.17) is 14.2 Å². The van der Waals surface area contributed by atoms with Crippen LogP contribution in [0.4, 0.5) is 0 Å². The fraction of sp³-hybridized carbons (Fsp3) is 0.542. The summed E-state index contributed by atoms with van der Waals surface area (Å²) in [6.07, 6.45) is 2.38. The summed E-state index contributed by atoms with van der Waals surface area (Å²) in [4.78, 5) is 39.2. The summed E-state index contributed by atoms with van der Waals surface area (Å²) in [6, 6.07) is 2.26. The number of hydrogen-bond acceptors (Lipinski definition) is 6. The van der Waals surface area contributed by atoms with Gasteiger partial charge in [-0.3, -0.25) is 4.79 Å². The average Bonchev–Trinajstić information content (AvgIpc) is 3.17. The number of benzene rings is 1. The molecule has 1 fully saturated rings. The van der Waals surface area contributed by atoms with Gasteiger partial charge in [0, 0.05) is 11.8 Å². The van der Waals surface area contributed by atoms with Crippen LogP contribution in [0.2, 0.25) is 0 Å². The van der Waals surface area contributed by atoms with Gasteiger partial charge in [0.05, 0.1) is 33.8 Å². The number of rotatable bonds is 10. The zero-order chi connectivity index (χ0) is 24.3. The second kappa shape index (κ2) is 9.73. The van der Waals surface area contributed by atoms with Gasteiger partial charge < -0.3 is 19.3 Å². The molecule has 0 saturated carbocycles. The molecule has 2 rings (SSSR count). The van der Waals surface area contributed by atoms with E-state index in [-0.39, 0.29) is 13.1 Å². The molecular weight excluding hydrogens is 414 g/mol. The van der Waals surface area contributed by atoms with Gasteiger partial charge in [0.2, 0.25) is 11.8 Å². The second-order valence-electron chi connectivity index (χ2n) is 8.74. The Labute approximate surface area is 189 Å². The van der Waals surface area contributed by atoms with Crippen molar-refractivity contribution >= 4 is 17.7 Å². The second-order valence-corrected chi connectivity index (χ2v) is 8.74. The van der Waals surface area contributed by atoms with Gasteiger partial charge in [-0.2, -0.15) is 0 Å². The highest BCUT2D eigenvalue weighted by atomic mass is 16.5. The maximum absolute atomic E-state index is 13.5. The standard InChI is InChI=1S/C24H33NO7/c1-8-11-25(22(27)21(26)24(3,4)9-2)12-10-16(19(25)23(28)29)15-13-17(30-5)20(32-7)18(14-15)31-6/h8,13-14,16,19H,1,9-12H2,2-7H3/p+1/t16?,19-,25?/m0/s1. The summed E-state index contributed by atoms with van der Waals surface area (Å²) < 4.78 is 15.7. The average molecular weight is 449 g/mol. The molecule has 1 aliphatic heterocycles. The van der Waals surface area contributed by atoms with Crippen LogP contribution in [0.25, 0.3) is 0 Å². The third kappa shape index (κ3) is 4.24. The Morgan fingerprint density at radius 2 is 1.72 bits per heavy atom. The van der Waals surface area contributed by atoms with Gasteiger partial charge >= 0.3 is 11.9 Å². The molecule has 0 aromatic heterocycles. The molecule has 1 heterocycles. The smallest absolute Gasteiger partial charge is 0.383 e.